The van der Waals surface area contributed by atoms with Gasteiger partial charge in [-0.05, 0) is 54.0 Å². The van der Waals surface area contributed by atoms with Crippen LogP contribution >= 0.6 is 27.5 Å². The van der Waals surface area contributed by atoms with Crippen LogP contribution in [0.3, 0.4) is 0 Å². The lowest BCUT2D eigenvalue weighted by Crippen LogP contribution is -2.09. The number of pyridine rings is 1. The lowest BCUT2D eigenvalue weighted by molar-refractivity contribution is 0.234. The molecule has 0 amide bonds. The number of rotatable bonds is 4. The number of hydrogen-bond acceptors (Lipinski definition) is 4. The number of nitrogens with zero attached hydrogens (tertiary/aromatic N) is 1. The van der Waals surface area contributed by atoms with Crippen molar-refractivity contribution in [3.8, 4) is 5.88 Å². The molecular formula is C14H14BrClFN3O. The van der Waals surface area contributed by atoms with E-state index < -0.39 is 5.82 Å². The van der Waals surface area contributed by atoms with Crippen molar-refractivity contribution < 1.29 is 9.13 Å². The molecule has 1 aromatic carbocycles. The Balaban J connectivity index is 2.32. The number of anilines is 3. The molecule has 0 aliphatic rings. The van der Waals surface area contributed by atoms with Gasteiger partial charge in [-0.3, -0.25) is 0 Å². The van der Waals surface area contributed by atoms with Gasteiger partial charge >= 0.3 is 0 Å². The van der Waals surface area contributed by atoms with Gasteiger partial charge in [-0.15, -0.1) is 0 Å². The van der Waals surface area contributed by atoms with Gasteiger partial charge in [-0.2, -0.15) is 4.98 Å². The molecule has 112 valence electrons. The van der Waals surface area contributed by atoms with Crippen molar-refractivity contribution >= 4 is 44.7 Å². The number of nitrogens with one attached hydrogen (secondary N) is 1. The van der Waals surface area contributed by atoms with E-state index in [-0.39, 0.29) is 11.1 Å². The van der Waals surface area contributed by atoms with Crippen LogP contribution in [0.25, 0.3) is 0 Å². The Morgan fingerprint density at radius 1 is 1.38 bits per heavy atom. The minimum absolute atomic E-state index is 0.0452. The molecule has 1 aromatic heterocycles. The van der Waals surface area contributed by atoms with E-state index in [1.54, 1.807) is 12.1 Å². The zero-order valence-corrected chi connectivity index (χ0v) is 13.8. The Hall–Kier alpha value is -1.53. The fraction of sp³-hybridized carbons (Fsp3) is 0.214. The van der Waals surface area contributed by atoms with Gasteiger partial charge in [0.05, 0.1) is 22.5 Å². The Morgan fingerprint density at radius 2 is 2.10 bits per heavy atom. The van der Waals surface area contributed by atoms with Crippen LogP contribution in [0.4, 0.5) is 21.6 Å². The SMILES string of the molecule is CC(C)Oc1nc(Nc2c(Cl)cc(F)cc2Br)ccc1N. The Bertz CT molecular complexity index is 644. The van der Waals surface area contributed by atoms with Crippen molar-refractivity contribution in [1.82, 2.24) is 4.98 Å². The molecule has 0 saturated carbocycles. The summed E-state index contributed by atoms with van der Waals surface area (Å²) in [5.41, 5.74) is 6.77. The average molecular weight is 375 g/mol. The quantitative estimate of drug-likeness (QED) is 0.811. The molecule has 0 spiro atoms. The molecule has 0 unspecified atom stereocenters. The topological polar surface area (TPSA) is 60.2 Å². The molecule has 0 aliphatic heterocycles. The van der Waals surface area contributed by atoms with Crippen LogP contribution < -0.4 is 15.8 Å². The maximum atomic E-state index is 13.2. The van der Waals surface area contributed by atoms with Crippen molar-refractivity contribution in [2.45, 2.75) is 20.0 Å². The van der Waals surface area contributed by atoms with Crippen molar-refractivity contribution in [2.75, 3.05) is 11.1 Å². The number of halogens is 3. The molecule has 2 aromatic rings. The van der Waals surface area contributed by atoms with Crippen LogP contribution in [0.1, 0.15) is 13.8 Å². The summed E-state index contributed by atoms with van der Waals surface area (Å²) in [6, 6.07) is 5.90. The zero-order valence-electron chi connectivity index (χ0n) is 11.5. The van der Waals surface area contributed by atoms with E-state index >= 15 is 0 Å². The van der Waals surface area contributed by atoms with E-state index in [2.05, 4.69) is 26.2 Å². The summed E-state index contributed by atoms with van der Waals surface area (Å²) in [5, 5.41) is 3.26. The lowest BCUT2D eigenvalue weighted by atomic mass is 10.3. The maximum absolute atomic E-state index is 13.2. The second-order valence-electron chi connectivity index (χ2n) is 4.63. The number of nitrogens with two attached hydrogens (primary N) is 1. The highest BCUT2D eigenvalue weighted by atomic mass is 79.9. The van der Waals surface area contributed by atoms with E-state index in [1.165, 1.54) is 12.1 Å². The summed E-state index contributed by atoms with van der Waals surface area (Å²) < 4.78 is 19.2. The minimum Gasteiger partial charge on any atom is -0.473 e. The molecule has 1 heterocycles. The van der Waals surface area contributed by atoms with Crippen LogP contribution in [0.2, 0.25) is 5.02 Å². The fourth-order valence-corrected chi connectivity index (χ4v) is 2.53. The lowest BCUT2D eigenvalue weighted by Gasteiger charge is -2.14. The number of aromatic nitrogens is 1. The highest BCUT2D eigenvalue weighted by molar-refractivity contribution is 9.10. The summed E-state index contributed by atoms with van der Waals surface area (Å²) in [5.74, 6) is 0.407. The standard InChI is InChI=1S/C14H14BrClFN3O/c1-7(2)21-14-11(18)3-4-12(20-14)19-13-9(15)5-8(17)6-10(13)16/h3-7H,18H2,1-2H3,(H,19,20). The van der Waals surface area contributed by atoms with Crippen LogP contribution in [0, 0.1) is 5.82 Å². The molecule has 0 radical (unpaired) electrons. The first kappa shape index (κ1) is 15.9. The van der Waals surface area contributed by atoms with E-state index in [0.717, 1.165) is 0 Å². The number of ether oxygens (including phenoxy) is 1. The predicted octanol–water partition coefficient (Wildman–Crippen LogP) is 4.75. The van der Waals surface area contributed by atoms with Gasteiger partial charge in [0.25, 0.3) is 0 Å². The predicted molar refractivity (Wildman–Crippen MR) is 86.8 cm³/mol. The van der Waals surface area contributed by atoms with Gasteiger partial charge in [0.15, 0.2) is 0 Å². The first-order valence-electron chi connectivity index (χ1n) is 6.21. The molecule has 0 fully saturated rings. The summed E-state index contributed by atoms with van der Waals surface area (Å²) in [6.45, 7) is 3.77. The largest absolute Gasteiger partial charge is 0.473 e. The van der Waals surface area contributed by atoms with Gasteiger partial charge in [-0.1, -0.05) is 11.6 Å². The third-order valence-corrected chi connectivity index (χ3v) is 3.42. The second-order valence-corrected chi connectivity index (χ2v) is 5.89. The molecule has 0 bridgehead atoms. The van der Waals surface area contributed by atoms with Crippen LogP contribution in [-0.2, 0) is 0 Å². The third kappa shape index (κ3) is 3.98. The molecule has 3 N–H and O–H groups in total. The van der Waals surface area contributed by atoms with Crippen molar-refractivity contribution in [3.63, 3.8) is 0 Å². The normalized spacial score (nSPS) is 10.8. The van der Waals surface area contributed by atoms with Gasteiger partial charge in [0, 0.05) is 4.47 Å². The molecule has 0 saturated heterocycles. The molecule has 21 heavy (non-hydrogen) atoms. The molecule has 0 atom stereocenters. The van der Waals surface area contributed by atoms with Crippen molar-refractivity contribution in [1.29, 1.82) is 0 Å². The Morgan fingerprint density at radius 3 is 2.71 bits per heavy atom. The first-order chi connectivity index (χ1) is 9.86. The Labute approximate surface area is 135 Å². The first-order valence-corrected chi connectivity index (χ1v) is 7.38. The maximum Gasteiger partial charge on any atom is 0.239 e. The molecule has 7 heteroatoms. The summed E-state index contributed by atoms with van der Waals surface area (Å²) in [6.07, 6.45) is -0.0452. The third-order valence-electron chi connectivity index (χ3n) is 2.50. The van der Waals surface area contributed by atoms with E-state index in [0.29, 0.717) is 27.5 Å². The summed E-state index contributed by atoms with van der Waals surface area (Å²) in [4.78, 5) is 4.28. The molecular weight excluding hydrogens is 361 g/mol. The smallest absolute Gasteiger partial charge is 0.239 e. The summed E-state index contributed by atoms with van der Waals surface area (Å²) in [7, 11) is 0. The van der Waals surface area contributed by atoms with E-state index in [1.807, 2.05) is 13.8 Å². The van der Waals surface area contributed by atoms with Crippen LogP contribution in [0.15, 0.2) is 28.7 Å². The zero-order chi connectivity index (χ0) is 15.6. The average Bonchev–Trinajstić information content (AvgIpc) is 2.37. The van der Waals surface area contributed by atoms with Crippen molar-refractivity contribution in [3.05, 3.63) is 39.6 Å². The number of benzene rings is 1. The van der Waals surface area contributed by atoms with E-state index in [9.17, 15) is 4.39 Å². The Kier molecular flexibility index (Phi) is 4.90. The van der Waals surface area contributed by atoms with Gasteiger partial charge in [0.2, 0.25) is 5.88 Å². The van der Waals surface area contributed by atoms with Crippen LogP contribution in [0.5, 0.6) is 5.88 Å². The van der Waals surface area contributed by atoms with E-state index in [4.69, 9.17) is 22.1 Å². The highest BCUT2D eigenvalue weighted by Gasteiger charge is 2.11. The van der Waals surface area contributed by atoms with Crippen LogP contribution in [-0.4, -0.2) is 11.1 Å². The summed E-state index contributed by atoms with van der Waals surface area (Å²) >= 11 is 9.28. The molecule has 0 aliphatic carbocycles. The number of hydrogen-bond donors (Lipinski definition) is 2. The monoisotopic (exact) mass is 373 g/mol. The molecule has 2 rings (SSSR count). The second kappa shape index (κ2) is 6.49. The van der Waals surface area contributed by atoms with Gasteiger partial charge in [-0.25, -0.2) is 4.39 Å². The fourth-order valence-electron chi connectivity index (χ4n) is 1.63. The molecule has 4 nitrogen and oxygen atoms in total. The van der Waals surface area contributed by atoms with Gasteiger partial charge < -0.3 is 15.8 Å². The van der Waals surface area contributed by atoms with Crippen molar-refractivity contribution in [2.24, 2.45) is 0 Å². The minimum atomic E-state index is -0.425. The highest BCUT2D eigenvalue weighted by Crippen LogP contribution is 2.34. The number of nitrogen functional groups attached to an aromatic ring is 1. The van der Waals surface area contributed by atoms with Gasteiger partial charge in [0.1, 0.15) is 11.6 Å².